The Hall–Kier alpha value is -1.37. The van der Waals surface area contributed by atoms with Crippen molar-refractivity contribution in [1.29, 1.82) is 0 Å². The molecule has 0 aliphatic heterocycles. The van der Waals surface area contributed by atoms with Gasteiger partial charge in [0.2, 0.25) is 5.51 Å². The molecule has 126 valence electrons. The smallest absolute Gasteiger partial charge is 0.418 e. The van der Waals surface area contributed by atoms with Gasteiger partial charge in [-0.1, -0.05) is 48.1 Å². The van der Waals surface area contributed by atoms with Gasteiger partial charge in [0, 0.05) is 18.9 Å². The van der Waals surface area contributed by atoms with Crippen molar-refractivity contribution in [3.8, 4) is 0 Å². The predicted molar refractivity (Wildman–Crippen MR) is 86.2 cm³/mol. The fraction of sp³-hybridized carbons (Fsp3) is 0.438. The third kappa shape index (κ3) is 5.64. The van der Waals surface area contributed by atoms with Crippen molar-refractivity contribution >= 4 is 18.6 Å². The van der Waals surface area contributed by atoms with Crippen molar-refractivity contribution in [2.45, 2.75) is 45.1 Å². The van der Waals surface area contributed by atoms with Gasteiger partial charge < -0.3 is 17.3 Å². The van der Waals surface area contributed by atoms with Crippen LogP contribution in [0, 0.1) is 0 Å². The molecule has 7 heteroatoms. The van der Waals surface area contributed by atoms with Crippen molar-refractivity contribution in [2.75, 3.05) is 0 Å². The summed E-state index contributed by atoms with van der Waals surface area (Å²) in [6, 6.07) is 11.3. The van der Waals surface area contributed by atoms with Crippen LogP contribution in [0.1, 0.15) is 48.4 Å². The number of benzene rings is 1. The number of nitrogens with zero attached hydrogens (tertiary/aromatic N) is 1. The zero-order chi connectivity index (χ0) is 16.9. The fourth-order valence-corrected chi connectivity index (χ4v) is 4.00. The SMILES string of the molecule is C[C@H](c1ccccc1)[n+]1csc2c1CCCCC2.F[B-](F)(F)F. The van der Waals surface area contributed by atoms with E-state index in [0.717, 1.165) is 0 Å². The number of hydrogen-bond donors (Lipinski definition) is 0. The van der Waals surface area contributed by atoms with E-state index in [1.165, 1.54) is 37.7 Å². The first-order valence-electron chi connectivity index (χ1n) is 7.79. The molecule has 1 heterocycles. The predicted octanol–water partition coefficient (Wildman–Crippen LogP) is 5.21. The maximum Gasteiger partial charge on any atom is 0.673 e. The first-order valence-corrected chi connectivity index (χ1v) is 8.67. The molecule has 0 amide bonds. The van der Waals surface area contributed by atoms with Crippen molar-refractivity contribution < 1.29 is 21.8 Å². The molecule has 1 aromatic carbocycles. The van der Waals surface area contributed by atoms with Crippen LogP contribution in [0.3, 0.4) is 0 Å². The molecular weight excluding hydrogens is 325 g/mol. The summed E-state index contributed by atoms with van der Waals surface area (Å²) >= 11 is 1.95. The molecule has 1 atom stereocenters. The molecule has 0 spiro atoms. The van der Waals surface area contributed by atoms with Crippen molar-refractivity contribution in [2.24, 2.45) is 0 Å². The molecule has 2 aromatic rings. The van der Waals surface area contributed by atoms with Gasteiger partial charge in [0.1, 0.15) is 0 Å². The Balaban J connectivity index is 0.000000338. The second-order valence-corrected chi connectivity index (χ2v) is 6.58. The molecule has 23 heavy (non-hydrogen) atoms. The molecule has 0 bridgehead atoms. The lowest BCUT2D eigenvalue weighted by Crippen LogP contribution is -2.40. The fourth-order valence-electron chi connectivity index (χ4n) is 2.84. The minimum atomic E-state index is -6.00. The average Bonchev–Trinajstić information content (AvgIpc) is 2.74. The number of rotatable bonds is 2. The summed E-state index contributed by atoms with van der Waals surface area (Å²) in [5, 5.41) is 0. The van der Waals surface area contributed by atoms with Crippen LogP contribution in [0.15, 0.2) is 35.8 Å². The molecule has 0 radical (unpaired) electrons. The van der Waals surface area contributed by atoms with Crippen LogP contribution in [-0.2, 0) is 12.8 Å². The largest absolute Gasteiger partial charge is 0.673 e. The standard InChI is InChI=1S/C16H20NS.BF4/c1-13(14-8-4-2-5-9-14)17-12-18-16-11-7-3-6-10-15(16)17;2-1(3,4)5/h2,4-5,8-9,12-13H,3,6-7,10-11H2,1H3;/q+1;-1/t13-;/m1./s1. The number of aryl methyl sites for hydroxylation is 1. The van der Waals surface area contributed by atoms with Gasteiger partial charge in [-0.3, -0.25) is 0 Å². The number of aromatic nitrogens is 1. The topological polar surface area (TPSA) is 3.88 Å². The minimum Gasteiger partial charge on any atom is -0.418 e. The van der Waals surface area contributed by atoms with Crippen LogP contribution in [0.4, 0.5) is 17.3 Å². The lowest BCUT2D eigenvalue weighted by atomic mass is 10.1. The normalized spacial score (nSPS) is 15.9. The third-order valence-corrected chi connectivity index (χ3v) is 5.02. The summed E-state index contributed by atoms with van der Waals surface area (Å²) in [7, 11) is -6.00. The Morgan fingerprint density at radius 3 is 2.26 bits per heavy atom. The van der Waals surface area contributed by atoms with E-state index in [1.54, 1.807) is 10.6 Å². The van der Waals surface area contributed by atoms with E-state index in [9.17, 15) is 17.3 Å². The van der Waals surface area contributed by atoms with E-state index < -0.39 is 7.25 Å². The average molecular weight is 345 g/mol. The highest BCUT2D eigenvalue weighted by Gasteiger charge is 2.26. The van der Waals surface area contributed by atoms with E-state index in [4.69, 9.17) is 0 Å². The van der Waals surface area contributed by atoms with Crippen molar-refractivity contribution in [1.82, 2.24) is 0 Å². The summed E-state index contributed by atoms with van der Waals surface area (Å²) in [6.07, 6.45) is 6.66. The molecule has 0 saturated carbocycles. The maximum atomic E-state index is 9.75. The number of fused-ring (bicyclic) bond motifs is 1. The van der Waals surface area contributed by atoms with Gasteiger partial charge in [0.15, 0.2) is 11.7 Å². The van der Waals surface area contributed by atoms with Crippen LogP contribution >= 0.6 is 11.3 Å². The molecule has 0 saturated heterocycles. The molecular formula is C16H20BF4NS. The Morgan fingerprint density at radius 1 is 1.00 bits per heavy atom. The zero-order valence-electron chi connectivity index (χ0n) is 13.0. The van der Waals surface area contributed by atoms with Gasteiger partial charge in [0.25, 0.3) is 0 Å². The highest BCUT2D eigenvalue weighted by atomic mass is 32.1. The zero-order valence-corrected chi connectivity index (χ0v) is 13.8. The summed E-state index contributed by atoms with van der Waals surface area (Å²) in [5.41, 5.74) is 5.33. The van der Waals surface area contributed by atoms with Crippen LogP contribution in [-0.4, -0.2) is 7.25 Å². The van der Waals surface area contributed by atoms with Gasteiger partial charge in [-0.2, -0.15) is 4.57 Å². The molecule has 3 rings (SSSR count). The van der Waals surface area contributed by atoms with E-state index in [2.05, 4.69) is 47.3 Å². The molecule has 1 aliphatic carbocycles. The van der Waals surface area contributed by atoms with Crippen LogP contribution < -0.4 is 4.57 Å². The van der Waals surface area contributed by atoms with Gasteiger partial charge in [-0.15, -0.1) is 0 Å². The summed E-state index contributed by atoms with van der Waals surface area (Å²) in [5.74, 6) is 0. The van der Waals surface area contributed by atoms with E-state index in [1.807, 2.05) is 11.3 Å². The molecule has 1 aromatic heterocycles. The van der Waals surface area contributed by atoms with Crippen molar-refractivity contribution in [3.63, 3.8) is 0 Å². The highest BCUT2D eigenvalue weighted by molar-refractivity contribution is 7.09. The Bertz CT molecular complexity index is 606. The van der Waals surface area contributed by atoms with Gasteiger partial charge in [0.05, 0.1) is 4.88 Å². The van der Waals surface area contributed by atoms with Crippen LogP contribution in [0.5, 0.6) is 0 Å². The molecule has 0 fully saturated rings. The van der Waals surface area contributed by atoms with Crippen LogP contribution in [0.25, 0.3) is 0 Å². The van der Waals surface area contributed by atoms with E-state index >= 15 is 0 Å². The number of halogens is 4. The van der Waals surface area contributed by atoms with E-state index in [-0.39, 0.29) is 0 Å². The van der Waals surface area contributed by atoms with Gasteiger partial charge in [-0.25, -0.2) is 0 Å². The second kappa shape index (κ2) is 7.95. The molecule has 1 aliphatic rings. The monoisotopic (exact) mass is 345 g/mol. The molecule has 1 nitrogen and oxygen atoms in total. The lowest BCUT2D eigenvalue weighted by Gasteiger charge is -2.08. The Morgan fingerprint density at radius 2 is 1.61 bits per heavy atom. The Labute approximate surface area is 138 Å². The lowest BCUT2D eigenvalue weighted by molar-refractivity contribution is -0.713. The molecule has 0 N–H and O–H groups in total. The van der Waals surface area contributed by atoms with Gasteiger partial charge >= 0.3 is 7.25 Å². The Kier molecular flexibility index (Phi) is 6.21. The maximum absolute atomic E-state index is 9.75. The summed E-state index contributed by atoms with van der Waals surface area (Å²) < 4.78 is 41.5. The quantitative estimate of drug-likeness (QED) is 0.304. The first kappa shape index (κ1) is 18.0. The van der Waals surface area contributed by atoms with E-state index in [0.29, 0.717) is 6.04 Å². The second-order valence-electron chi connectivity index (χ2n) is 5.64. The summed E-state index contributed by atoms with van der Waals surface area (Å²) in [4.78, 5) is 1.62. The third-order valence-electron chi connectivity index (χ3n) is 3.96. The highest BCUT2D eigenvalue weighted by Crippen LogP contribution is 2.24. The van der Waals surface area contributed by atoms with Crippen LogP contribution in [0.2, 0.25) is 0 Å². The van der Waals surface area contributed by atoms with Crippen molar-refractivity contribution in [3.05, 3.63) is 52.0 Å². The number of hydrogen-bond acceptors (Lipinski definition) is 1. The first-order chi connectivity index (χ1) is 10.9. The van der Waals surface area contributed by atoms with Gasteiger partial charge in [-0.05, 0) is 19.3 Å². The summed E-state index contributed by atoms with van der Waals surface area (Å²) in [6.45, 7) is 2.31. The molecule has 0 unspecified atom stereocenters. The number of thiazole rings is 1. The minimum absolute atomic E-state index is 0.462.